The molecule has 4 aliphatic rings. The summed E-state index contributed by atoms with van der Waals surface area (Å²) in [6, 6.07) is 32.3. The molecule has 4 saturated carbocycles. The maximum atomic E-state index is 12.0. The summed E-state index contributed by atoms with van der Waals surface area (Å²) in [7, 11) is 0. The lowest BCUT2D eigenvalue weighted by Crippen LogP contribution is -2.52. The van der Waals surface area contributed by atoms with E-state index in [4.69, 9.17) is 17.3 Å². The topological polar surface area (TPSA) is 181 Å². The van der Waals surface area contributed by atoms with Gasteiger partial charge in [0, 0.05) is 56.2 Å². The first-order chi connectivity index (χ1) is 28.8. The maximum absolute atomic E-state index is 12.0. The third kappa shape index (κ3) is 6.99. The molecular weight excluding hydrogens is 760 g/mol. The molecule has 4 heterocycles. The lowest BCUT2D eigenvalue weighted by Gasteiger charge is -2.57. The van der Waals surface area contributed by atoms with Crippen LogP contribution in [0.4, 0.5) is 5.82 Å². The van der Waals surface area contributed by atoms with E-state index in [9.17, 15) is 9.59 Å². The zero-order valence-electron chi connectivity index (χ0n) is 32.3. The molecule has 13 heteroatoms. The van der Waals surface area contributed by atoms with Gasteiger partial charge in [-0.1, -0.05) is 96.5 Å². The Balaban J connectivity index is 0.000000120. The molecule has 296 valence electrons. The van der Waals surface area contributed by atoms with Crippen LogP contribution in [0.3, 0.4) is 0 Å². The molecule has 0 amide bonds. The molecule has 59 heavy (non-hydrogen) atoms. The predicted molar refractivity (Wildman–Crippen MR) is 231 cm³/mol. The van der Waals surface area contributed by atoms with Crippen molar-refractivity contribution in [3.05, 3.63) is 147 Å². The Morgan fingerprint density at radius 3 is 1.53 bits per heavy atom. The number of fused-ring (bicyclic) bond motifs is 4. The number of benzene rings is 4. The first-order valence-corrected chi connectivity index (χ1v) is 20.7. The molecular formula is C46H43ClN10O2. The van der Waals surface area contributed by atoms with Gasteiger partial charge in [0.25, 0.3) is 11.1 Å². The van der Waals surface area contributed by atoms with Crippen molar-refractivity contribution in [1.82, 2.24) is 40.8 Å². The highest BCUT2D eigenvalue weighted by atomic mass is 35.5. The second-order valence-corrected chi connectivity index (χ2v) is 17.5. The van der Waals surface area contributed by atoms with Crippen LogP contribution in [0.25, 0.3) is 43.1 Å². The van der Waals surface area contributed by atoms with E-state index in [0.717, 1.165) is 98.8 Å². The molecule has 5 N–H and O–H groups in total. The van der Waals surface area contributed by atoms with Crippen LogP contribution in [0.1, 0.15) is 74.6 Å². The van der Waals surface area contributed by atoms with Crippen LogP contribution in [0.5, 0.6) is 0 Å². The van der Waals surface area contributed by atoms with E-state index >= 15 is 0 Å². The lowest BCUT2D eigenvalue weighted by atomic mass is 9.49. The molecule has 8 aromatic rings. The number of hydrogen-bond donors (Lipinski definition) is 4. The number of hydrogen-bond acceptors (Lipinski definition) is 10. The Hall–Kier alpha value is -6.11. The van der Waals surface area contributed by atoms with Gasteiger partial charge in [-0.15, -0.1) is 10.2 Å². The van der Waals surface area contributed by atoms with Crippen LogP contribution < -0.4 is 22.2 Å². The third-order valence-electron chi connectivity index (χ3n) is 13.1. The first kappa shape index (κ1) is 37.2. The molecule has 12 nitrogen and oxygen atoms in total. The highest BCUT2D eigenvalue weighted by molar-refractivity contribution is 6.34. The van der Waals surface area contributed by atoms with E-state index in [1.807, 2.05) is 84.9 Å². The monoisotopic (exact) mass is 802 g/mol. The predicted octanol–water partition coefficient (Wildman–Crippen LogP) is 8.20. The van der Waals surface area contributed by atoms with E-state index in [2.05, 4.69) is 58.2 Å². The number of aromatic amines is 2. The molecule has 12 rings (SSSR count). The van der Waals surface area contributed by atoms with Gasteiger partial charge in [0.05, 0.1) is 34.6 Å². The van der Waals surface area contributed by atoms with E-state index in [1.54, 1.807) is 12.4 Å². The molecule has 0 atom stereocenters. The molecule has 0 saturated heterocycles. The Bertz CT molecular complexity index is 2950. The number of rotatable bonds is 4. The molecule has 4 aromatic carbocycles. The summed E-state index contributed by atoms with van der Waals surface area (Å²) in [6.45, 7) is 0. The van der Waals surface area contributed by atoms with Gasteiger partial charge in [0.2, 0.25) is 0 Å². The van der Waals surface area contributed by atoms with Gasteiger partial charge in [-0.25, -0.2) is 10.2 Å². The van der Waals surface area contributed by atoms with Gasteiger partial charge in [-0.05, 0) is 74.3 Å². The third-order valence-corrected chi connectivity index (χ3v) is 13.4. The number of H-pyrrole nitrogens is 2. The number of nitrogens with one attached hydrogen (secondary N) is 3. The molecule has 2 spiro atoms. The SMILES string of the molecule is Clc1nncc2ccccc12.NC1CC2(C1)CC(c1n[nH]c(=O)c3ccccc13)C2.O=c1[nH]nc(C2CC3(CC(Nc4nncc5ccccc45)C3)C2)c2ccccc12. The fraction of sp³-hybridized carbons (Fsp3) is 0.304. The van der Waals surface area contributed by atoms with Crippen molar-refractivity contribution in [1.29, 1.82) is 0 Å². The normalized spacial score (nSPS) is 25.2. The van der Waals surface area contributed by atoms with Crippen LogP contribution in [0, 0.1) is 10.8 Å². The fourth-order valence-corrected chi connectivity index (χ4v) is 10.6. The smallest absolute Gasteiger partial charge is 0.272 e. The van der Waals surface area contributed by atoms with Gasteiger partial charge >= 0.3 is 0 Å². The van der Waals surface area contributed by atoms with Crippen LogP contribution in [0.2, 0.25) is 5.15 Å². The van der Waals surface area contributed by atoms with Crippen molar-refractivity contribution < 1.29 is 0 Å². The molecule has 4 fully saturated rings. The Labute approximate surface area is 344 Å². The first-order valence-electron chi connectivity index (χ1n) is 20.3. The van der Waals surface area contributed by atoms with Gasteiger partial charge < -0.3 is 11.1 Å². The van der Waals surface area contributed by atoms with Crippen LogP contribution in [-0.2, 0) is 0 Å². The largest absolute Gasteiger partial charge is 0.365 e. The number of halogens is 1. The standard InChI is InChI=1S/C23H21N5O.C15H17N3O.C8H5ClN2/c29-22-19-8-4-3-7-18(19)20(26-28-22)15-9-23(10-15)11-16(12-23)25-21-17-6-2-1-5-14(17)13-24-27-21;16-10-7-15(8-10)5-9(6-15)13-11-3-1-2-4-12(11)14(19)18-17-13;9-8-7-4-2-1-3-6(7)5-10-11-8/h1-8,13,15-16H,9-12H2,(H,25,27)(H,28,29);1-4,9-10H,5-8,16H2,(H,18,19);1-5H. The van der Waals surface area contributed by atoms with Gasteiger partial charge in [0.1, 0.15) is 0 Å². The molecule has 4 aromatic heterocycles. The quantitative estimate of drug-likeness (QED) is 0.135. The zero-order valence-corrected chi connectivity index (χ0v) is 33.1. The number of nitrogens with two attached hydrogens (primary N) is 1. The highest BCUT2D eigenvalue weighted by Crippen LogP contribution is 2.63. The van der Waals surface area contributed by atoms with Crippen molar-refractivity contribution in [3.63, 3.8) is 0 Å². The summed E-state index contributed by atoms with van der Waals surface area (Å²) in [4.78, 5) is 23.8. The van der Waals surface area contributed by atoms with Crippen LogP contribution in [0.15, 0.2) is 119 Å². The van der Waals surface area contributed by atoms with Crippen molar-refractivity contribution in [2.45, 2.75) is 75.3 Å². The summed E-state index contributed by atoms with van der Waals surface area (Å²) in [6.07, 6.45) is 12.7. The average molecular weight is 803 g/mol. The summed E-state index contributed by atoms with van der Waals surface area (Å²) in [5.74, 6) is 1.79. The number of anilines is 1. The summed E-state index contributed by atoms with van der Waals surface area (Å²) < 4.78 is 0. The van der Waals surface area contributed by atoms with Gasteiger partial charge in [-0.2, -0.15) is 20.4 Å². The number of nitrogens with zero attached hydrogens (tertiary/aromatic N) is 6. The minimum Gasteiger partial charge on any atom is -0.365 e. The summed E-state index contributed by atoms with van der Waals surface area (Å²) >= 11 is 5.78. The second kappa shape index (κ2) is 14.9. The maximum Gasteiger partial charge on any atom is 0.272 e. The van der Waals surface area contributed by atoms with E-state index in [-0.39, 0.29) is 11.1 Å². The van der Waals surface area contributed by atoms with Gasteiger partial charge in [-0.3, -0.25) is 9.59 Å². The lowest BCUT2D eigenvalue weighted by molar-refractivity contribution is -0.00922. The molecule has 4 aliphatic carbocycles. The van der Waals surface area contributed by atoms with Crippen LogP contribution >= 0.6 is 11.6 Å². The van der Waals surface area contributed by atoms with E-state index < -0.39 is 0 Å². The van der Waals surface area contributed by atoms with Crippen molar-refractivity contribution in [2.24, 2.45) is 16.6 Å². The molecule has 0 radical (unpaired) electrons. The molecule has 0 aliphatic heterocycles. The zero-order chi connectivity index (χ0) is 40.1. The second-order valence-electron chi connectivity index (χ2n) is 17.1. The molecule has 0 bridgehead atoms. The minimum absolute atomic E-state index is 0.0981. The number of aromatic nitrogens is 8. The van der Waals surface area contributed by atoms with Crippen molar-refractivity contribution in [3.8, 4) is 0 Å². The summed E-state index contributed by atoms with van der Waals surface area (Å²) in [5, 5.41) is 41.7. The average Bonchev–Trinajstić information content (AvgIpc) is 3.21. The van der Waals surface area contributed by atoms with E-state index in [1.165, 1.54) is 12.8 Å². The van der Waals surface area contributed by atoms with Gasteiger partial charge in [0.15, 0.2) is 11.0 Å². The molecule has 0 unspecified atom stereocenters. The summed E-state index contributed by atoms with van der Waals surface area (Å²) in [5.41, 5.74) is 8.68. The van der Waals surface area contributed by atoms with Crippen LogP contribution in [-0.4, -0.2) is 52.9 Å². The Kier molecular flexibility index (Phi) is 9.40. The minimum atomic E-state index is -0.109. The highest BCUT2D eigenvalue weighted by Gasteiger charge is 2.54. The van der Waals surface area contributed by atoms with E-state index in [0.29, 0.717) is 39.9 Å². The van der Waals surface area contributed by atoms with Crippen molar-refractivity contribution >= 4 is 60.5 Å². The Morgan fingerprint density at radius 1 is 0.559 bits per heavy atom. The fourth-order valence-electron chi connectivity index (χ4n) is 10.4. The van der Waals surface area contributed by atoms with Crippen molar-refractivity contribution in [2.75, 3.05) is 5.32 Å². The Morgan fingerprint density at radius 2 is 1.00 bits per heavy atom.